The first-order valence-corrected chi connectivity index (χ1v) is 9.94. The highest BCUT2D eigenvalue weighted by molar-refractivity contribution is 5.95. The van der Waals surface area contributed by atoms with Crippen LogP contribution in [0.3, 0.4) is 0 Å². The number of ether oxygens (including phenoxy) is 3. The fraction of sp³-hybridized carbons (Fsp3) is 0.417. The quantitative estimate of drug-likeness (QED) is 0.693. The summed E-state index contributed by atoms with van der Waals surface area (Å²) in [5.74, 6) is -0.328. The van der Waals surface area contributed by atoms with E-state index in [-0.39, 0.29) is 19.1 Å². The minimum absolute atomic E-state index is 0.114. The lowest BCUT2D eigenvalue weighted by molar-refractivity contribution is 0.00167. The lowest BCUT2D eigenvalue weighted by atomic mass is 10.0. The van der Waals surface area contributed by atoms with Gasteiger partial charge in [0.05, 0.1) is 12.1 Å². The van der Waals surface area contributed by atoms with Gasteiger partial charge < -0.3 is 14.2 Å². The number of benzene rings is 2. The van der Waals surface area contributed by atoms with Gasteiger partial charge in [-0.15, -0.1) is 0 Å². The number of methoxy groups -OCH3 is 2. The smallest absolute Gasteiger partial charge is 0.426 e. The van der Waals surface area contributed by atoms with Gasteiger partial charge in [0.1, 0.15) is 6.61 Å². The van der Waals surface area contributed by atoms with Crippen LogP contribution in [-0.4, -0.2) is 50.5 Å². The normalized spacial score (nSPS) is 10.5. The number of hydrogen-bond donors (Lipinski definition) is 1. The topological polar surface area (TPSA) is 77.1 Å². The van der Waals surface area contributed by atoms with Crippen LogP contribution in [0.1, 0.15) is 40.9 Å². The fourth-order valence-corrected chi connectivity index (χ4v) is 2.97. The monoisotopic (exact) mass is 430 g/mol. The molecule has 0 spiro atoms. The summed E-state index contributed by atoms with van der Waals surface area (Å²) >= 11 is 0. The molecule has 0 saturated heterocycles. The van der Waals surface area contributed by atoms with Gasteiger partial charge >= 0.3 is 6.09 Å². The predicted octanol–water partition coefficient (Wildman–Crippen LogP) is 4.27. The Kier molecular flexibility index (Phi) is 10.7. The Hall–Kier alpha value is -2.90. The molecular weight excluding hydrogens is 396 g/mol. The molecule has 2 aromatic rings. The van der Waals surface area contributed by atoms with Crippen molar-refractivity contribution in [3.8, 4) is 0 Å². The molecule has 0 aliphatic heterocycles. The van der Waals surface area contributed by atoms with Gasteiger partial charge in [-0.1, -0.05) is 47.5 Å². The average Bonchev–Trinajstić information content (AvgIpc) is 2.70. The maximum absolute atomic E-state index is 13.2. The van der Waals surface area contributed by atoms with E-state index in [0.29, 0.717) is 5.56 Å². The van der Waals surface area contributed by atoms with Gasteiger partial charge in [0.25, 0.3) is 5.91 Å². The van der Waals surface area contributed by atoms with Crippen LogP contribution < -0.4 is 5.43 Å². The zero-order chi connectivity index (χ0) is 23.4. The van der Waals surface area contributed by atoms with Crippen LogP contribution in [0.4, 0.5) is 4.79 Å². The summed E-state index contributed by atoms with van der Waals surface area (Å²) in [4.78, 5) is 25.6. The highest BCUT2D eigenvalue weighted by atomic mass is 16.6. The number of carbonyl (C=O) groups is 2. The molecule has 0 saturated carbocycles. The van der Waals surface area contributed by atoms with Crippen molar-refractivity contribution in [3.63, 3.8) is 0 Å². The molecule has 2 rings (SSSR count). The van der Waals surface area contributed by atoms with E-state index >= 15 is 0 Å². The van der Waals surface area contributed by atoms with Gasteiger partial charge in [-0.05, 0) is 45.4 Å². The van der Waals surface area contributed by atoms with Crippen molar-refractivity contribution in [2.45, 2.75) is 39.8 Å². The molecule has 0 atom stereocenters. The Labute approximate surface area is 185 Å². The molecule has 7 nitrogen and oxygen atoms in total. The maximum atomic E-state index is 13.2. The molecule has 0 radical (unpaired) electrons. The number of hydrazine groups is 1. The number of rotatable bonds is 6. The minimum atomic E-state index is -0.782. The van der Waals surface area contributed by atoms with Crippen LogP contribution in [0.5, 0.6) is 0 Å². The van der Waals surface area contributed by atoms with Crippen molar-refractivity contribution >= 4 is 12.0 Å². The summed E-state index contributed by atoms with van der Waals surface area (Å²) in [6.07, 6.45) is -0.703. The third-order valence-corrected chi connectivity index (χ3v) is 4.19. The van der Waals surface area contributed by atoms with E-state index in [9.17, 15) is 9.59 Å². The van der Waals surface area contributed by atoms with Gasteiger partial charge in [0.15, 0.2) is 0 Å². The van der Waals surface area contributed by atoms with Crippen LogP contribution in [0, 0.1) is 13.8 Å². The van der Waals surface area contributed by atoms with Gasteiger partial charge in [-0.3, -0.25) is 4.79 Å². The van der Waals surface area contributed by atoms with Crippen LogP contribution in [0.15, 0.2) is 48.5 Å². The minimum Gasteiger partial charge on any atom is -0.443 e. The predicted molar refractivity (Wildman–Crippen MR) is 121 cm³/mol. The molecule has 0 aliphatic carbocycles. The van der Waals surface area contributed by atoms with E-state index in [1.54, 1.807) is 33.5 Å². The van der Waals surface area contributed by atoms with E-state index < -0.39 is 11.6 Å². The van der Waals surface area contributed by atoms with Crippen LogP contribution in [-0.2, 0) is 20.8 Å². The Morgan fingerprint density at radius 2 is 1.52 bits per heavy atom. The highest BCUT2D eigenvalue weighted by Gasteiger charge is 2.34. The average molecular weight is 431 g/mol. The molecule has 2 amide bonds. The molecule has 0 bridgehead atoms. The zero-order valence-corrected chi connectivity index (χ0v) is 19.5. The number of nitrogens with one attached hydrogen (secondary N) is 1. The molecule has 31 heavy (non-hydrogen) atoms. The van der Waals surface area contributed by atoms with Gasteiger partial charge in [-0.2, -0.15) is 0 Å². The maximum Gasteiger partial charge on any atom is 0.426 e. The molecule has 0 aromatic heterocycles. The Morgan fingerprint density at radius 1 is 0.968 bits per heavy atom. The van der Waals surface area contributed by atoms with E-state index in [0.717, 1.165) is 16.7 Å². The second-order valence-corrected chi connectivity index (χ2v) is 7.84. The summed E-state index contributed by atoms with van der Waals surface area (Å²) in [5, 5.41) is 1.28. The number of amides is 2. The third kappa shape index (κ3) is 8.78. The van der Waals surface area contributed by atoms with Gasteiger partial charge in [-0.25, -0.2) is 15.2 Å². The third-order valence-electron chi connectivity index (χ3n) is 4.19. The molecule has 170 valence electrons. The molecule has 0 fully saturated rings. The lowest BCUT2D eigenvalue weighted by Crippen LogP contribution is -2.59. The van der Waals surface area contributed by atoms with Crippen LogP contribution in [0.25, 0.3) is 0 Å². The van der Waals surface area contributed by atoms with Crippen molar-refractivity contribution < 1.29 is 23.8 Å². The van der Waals surface area contributed by atoms with E-state index in [2.05, 4.69) is 10.2 Å². The van der Waals surface area contributed by atoms with Crippen LogP contribution in [0.2, 0.25) is 0 Å². The van der Waals surface area contributed by atoms with Crippen LogP contribution >= 0.6 is 0 Å². The van der Waals surface area contributed by atoms with E-state index in [4.69, 9.17) is 9.47 Å². The Bertz CT molecular complexity index is 817. The standard InChI is InChI=1S/C22H28N2O4.C2H6O/c1-16-11-17(2)13-19(12-16)20(25)24(22(3,4)15-27-5)23-21(26)28-14-18-9-7-6-8-10-18;1-3-2/h6-13H,14-15H2,1-5H3,(H,23,26);1-2H3. The number of nitrogens with zero attached hydrogens (tertiary/aromatic N) is 1. The molecule has 0 aliphatic rings. The van der Waals surface area contributed by atoms with E-state index in [1.165, 1.54) is 5.01 Å². The number of aryl methyl sites for hydroxylation is 2. The molecular formula is C24H34N2O5. The first kappa shape index (κ1) is 26.1. The van der Waals surface area contributed by atoms with Crippen molar-refractivity contribution in [2.75, 3.05) is 27.9 Å². The van der Waals surface area contributed by atoms with Crippen molar-refractivity contribution in [2.24, 2.45) is 0 Å². The molecule has 1 N–H and O–H groups in total. The summed E-state index contributed by atoms with van der Waals surface area (Å²) in [6.45, 7) is 7.83. The van der Waals surface area contributed by atoms with Crippen molar-refractivity contribution in [3.05, 3.63) is 70.8 Å². The zero-order valence-electron chi connectivity index (χ0n) is 19.5. The molecule has 2 aromatic carbocycles. The second-order valence-electron chi connectivity index (χ2n) is 7.84. The lowest BCUT2D eigenvalue weighted by Gasteiger charge is -2.37. The van der Waals surface area contributed by atoms with Gasteiger partial charge in [0, 0.05) is 26.9 Å². The largest absolute Gasteiger partial charge is 0.443 e. The first-order chi connectivity index (χ1) is 14.6. The molecule has 0 unspecified atom stereocenters. The Morgan fingerprint density at radius 3 is 2.03 bits per heavy atom. The summed E-state index contributed by atoms with van der Waals surface area (Å²) in [7, 11) is 4.80. The van der Waals surface area contributed by atoms with E-state index in [1.807, 2.05) is 64.1 Å². The summed E-state index contributed by atoms with van der Waals surface area (Å²) < 4.78 is 14.8. The summed E-state index contributed by atoms with van der Waals surface area (Å²) in [5.41, 5.74) is 5.11. The highest BCUT2D eigenvalue weighted by Crippen LogP contribution is 2.19. The summed E-state index contributed by atoms with van der Waals surface area (Å²) in [6, 6.07) is 14.9. The van der Waals surface area contributed by atoms with Gasteiger partial charge in [0.2, 0.25) is 0 Å². The number of hydrogen-bond acceptors (Lipinski definition) is 5. The number of carbonyl (C=O) groups excluding carboxylic acids is 2. The first-order valence-electron chi connectivity index (χ1n) is 9.94. The van der Waals surface area contributed by atoms with Crippen molar-refractivity contribution in [1.82, 2.24) is 10.4 Å². The Balaban J connectivity index is 0.00000151. The molecule has 0 heterocycles. The second kappa shape index (κ2) is 12.7. The molecule has 7 heteroatoms. The fourth-order valence-electron chi connectivity index (χ4n) is 2.97. The SMILES string of the molecule is COC.COCC(C)(C)N(NC(=O)OCc1ccccc1)C(=O)c1cc(C)cc(C)c1. The van der Waals surface area contributed by atoms with Crippen molar-refractivity contribution in [1.29, 1.82) is 0 Å².